The molecule has 0 saturated heterocycles. The standard InChI is InChI=1S/C26H20F4N4O3/c1-16(18-9-3-2-4-10-18)31-23(35)22-24(36)33(15-17-8-7-11-19(14-17)26(28,29)30)25(37)34(32-22)21-13-6-5-12-20(21)27/h2-14,16H,15H2,1H3,(H,31,35)/t16-/m1/s1. The second-order valence-electron chi connectivity index (χ2n) is 8.19. The van der Waals surface area contributed by atoms with Crippen LogP contribution in [0.5, 0.6) is 0 Å². The van der Waals surface area contributed by atoms with Gasteiger partial charge in [-0.25, -0.2) is 9.18 Å². The molecule has 4 rings (SSSR count). The monoisotopic (exact) mass is 512 g/mol. The molecule has 1 N–H and O–H groups in total. The molecule has 190 valence electrons. The van der Waals surface area contributed by atoms with E-state index in [9.17, 15) is 31.9 Å². The minimum Gasteiger partial charge on any atom is -0.344 e. The molecule has 1 heterocycles. The zero-order valence-electron chi connectivity index (χ0n) is 19.4. The van der Waals surface area contributed by atoms with Gasteiger partial charge in [-0.2, -0.15) is 23.0 Å². The average molecular weight is 512 g/mol. The molecule has 4 aromatic rings. The molecule has 0 aliphatic heterocycles. The van der Waals surface area contributed by atoms with E-state index in [-0.39, 0.29) is 11.3 Å². The fraction of sp³-hybridized carbons (Fsp3) is 0.154. The van der Waals surface area contributed by atoms with Crippen molar-refractivity contribution >= 4 is 5.91 Å². The molecule has 0 fully saturated rings. The second-order valence-corrected chi connectivity index (χ2v) is 8.19. The Morgan fingerprint density at radius 2 is 1.65 bits per heavy atom. The Morgan fingerprint density at radius 3 is 2.32 bits per heavy atom. The van der Waals surface area contributed by atoms with Crippen LogP contribution in [0.4, 0.5) is 17.6 Å². The minimum atomic E-state index is -4.65. The lowest BCUT2D eigenvalue weighted by Gasteiger charge is -2.16. The molecule has 0 aliphatic rings. The predicted molar refractivity (Wildman–Crippen MR) is 127 cm³/mol. The zero-order chi connectivity index (χ0) is 26.7. The summed E-state index contributed by atoms with van der Waals surface area (Å²) in [6.07, 6.45) is -4.65. The van der Waals surface area contributed by atoms with Crippen molar-refractivity contribution in [1.29, 1.82) is 0 Å². The number of hydrogen-bond acceptors (Lipinski definition) is 4. The van der Waals surface area contributed by atoms with Gasteiger partial charge in [0.2, 0.25) is 5.69 Å². The van der Waals surface area contributed by atoms with E-state index in [1.807, 2.05) is 0 Å². The van der Waals surface area contributed by atoms with Gasteiger partial charge in [-0.1, -0.05) is 54.6 Å². The van der Waals surface area contributed by atoms with E-state index < -0.39 is 53.0 Å². The van der Waals surface area contributed by atoms with Crippen LogP contribution in [0, 0.1) is 5.82 Å². The van der Waals surface area contributed by atoms with Crippen LogP contribution in [0.15, 0.2) is 88.5 Å². The van der Waals surface area contributed by atoms with Gasteiger partial charge in [-0.3, -0.25) is 14.2 Å². The summed E-state index contributed by atoms with van der Waals surface area (Å²) in [5.74, 6) is -1.80. The van der Waals surface area contributed by atoms with Crippen LogP contribution >= 0.6 is 0 Å². The third kappa shape index (κ3) is 5.50. The number of benzene rings is 3. The number of nitrogens with zero attached hydrogens (tertiary/aromatic N) is 3. The first-order valence-corrected chi connectivity index (χ1v) is 11.1. The number of rotatable bonds is 6. The highest BCUT2D eigenvalue weighted by molar-refractivity contribution is 5.92. The van der Waals surface area contributed by atoms with Crippen molar-refractivity contribution in [3.63, 3.8) is 0 Å². The molecule has 0 aliphatic carbocycles. The van der Waals surface area contributed by atoms with Crippen LogP contribution in [0.1, 0.15) is 40.1 Å². The normalized spacial score (nSPS) is 12.2. The van der Waals surface area contributed by atoms with Gasteiger partial charge in [0.1, 0.15) is 11.5 Å². The summed E-state index contributed by atoms with van der Waals surface area (Å²) in [4.78, 5) is 39.5. The van der Waals surface area contributed by atoms with Gasteiger partial charge < -0.3 is 5.32 Å². The van der Waals surface area contributed by atoms with Crippen molar-refractivity contribution in [3.05, 3.63) is 128 Å². The molecule has 0 bridgehead atoms. The summed E-state index contributed by atoms with van der Waals surface area (Å²) >= 11 is 0. The van der Waals surface area contributed by atoms with Gasteiger partial charge in [0.25, 0.3) is 11.5 Å². The van der Waals surface area contributed by atoms with Gasteiger partial charge in [-0.05, 0) is 42.3 Å². The number of carbonyl (C=O) groups is 1. The van der Waals surface area contributed by atoms with Gasteiger partial charge in [-0.15, -0.1) is 0 Å². The molecule has 1 amide bonds. The largest absolute Gasteiger partial charge is 0.416 e. The first-order valence-electron chi connectivity index (χ1n) is 11.1. The molecule has 0 unspecified atom stereocenters. The first-order chi connectivity index (χ1) is 17.6. The molecule has 1 aromatic heterocycles. The fourth-order valence-corrected chi connectivity index (χ4v) is 3.70. The lowest BCUT2D eigenvalue weighted by atomic mass is 10.1. The third-order valence-corrected chi connectivity index (χ3v) is 5.60. The maximum Gasteiger partial charge on any atom is 0.416 e. The van der Waals surface area contributed by atoms with Gasteiger partial charge in [0.05, 0.1) is 18.2 Å². The molecule has 37 heavy (non-hydrogen) atoms. The molecule has 7 nitrogen and oxygen atoms in total. The van der Waals surface area contributed by atoms with Crippen molar-refractivity contribution in [2.24, 2.45) is 0 Å². The Labute approximate surface area is 207 Å². The predicted octanol–water partition coefficient (Wildman–Crippen LogP) is 4.09. The lowest BCUT2D eigenvalue weighted by Crippen LogP contribution is -2.46. The Morgan fingerprint density at radius 1 is 0.973 bits per heavy atom. The zero-order valence-corrected chi connectivity index (χ0v) is 19.4. The van der Waals surface area contributed by atoms with E-state index in [1.54, 1.807) is 37.3 Å². The summed E-state index contributed by atoms with van der Waals surface area (Å²) in [5.41, 5.74) is -3.59. The van der Waals surface area contributed by atoms with Crippen LogP contribution in [-0.4, -0.2) is 20.3 Å². The highest BCUT2D eigenvalue weighted by Crippen LogP contribution is 2.29. The molecular weight excluding hydrogens is 492 g/mol. The third-order valence-electron chi connectivity index (χ3n) is 5.60. The van der Waals surface area contributed by atoms with E-state index in [4.69, 9.17) is 0 Å². The summed E-state index contributed by atoms with van der Waals surface area (Å²) in [6, 6.07) is 17.4. The summed E-state index contributed by atoms with van der Waals surface area (Å²) in [7, 11) is 0. The molecule has 1 atom stereocenters. The Bertz CT molecular complexity index is 1560. The number of amides is 1. The van der Waals surface area contributed by atoms with E-state index in [0.717, 1.165) is 29.8 Å². The smallest absolute Gasteiger partial charge is 0.344 e. The number of alkyl halides is 3. The number of aromatic nitrogens is 3. The molecule has 3 aromatic carbocycles. The van der Waals surface area contributed by atoms with Crippen molar-refractivity contribution in [1.82, 2.24) is 19.7 Å². The number of nitrogens with one attached hydrogen (secondary N) is 1. The molecular formula is C26H20F4N4O3. The summed E-state index contributed by atoms with van der Waals surface area (Å²) in [6.45, 7) is 1.06. The highest BCUT2D eigenvalue weighted by Gasteiger charge is 2.30. The van der Waals surface area contributed by atoms with Gasteiger partial charge in [0.15, 0.2) is 0 Å². The summed E-state index contributed by atoms with van der Waals surface area (Å²) < 4.78 is 55.2. The topological polar surface area (TPSA) is 86.0 Å². The van der Waals surface area contributed by atoms with Crippen molar-refractivity contribution < 1.29 is 22.4 Å². The van der Waals surface area contributed by atoms with Gasteiger partial charge >= 0.3 is 11.9 Å². The maximum atomic E-state index is 14.6. The molecule has 0 spiro atoms. The maximum absolute atomic E-state index is 14.6. The molecule has 0 radical (unpaired) electrons. The SMILES string of the molecule is C[C@@H](NC(=O)c1nn(-c2ccccc2F)c(=O)n(Cc2cccc(C(F)(F)F)c2)c1=O)c1ccccc1. The highest BCUT2D eigenvalue weighted by atomic mass is 19.4. The Balaban J connectivity index is 1.83. The Kier molecular flexibility index (Phi) is 7.05. The van der Waals surface area contributed by atoms with E-state index in [0.29, 0.717) is 9.25 Å². The van der Waals surface area contributed by atoms with E-state index in [1.165, 1.54) is 24.3 Å². The summed E-state index contributed by atoms with van der Waals surface area (Å²) in [5, 5.41) is 6.46. The van der Waals surface area contributed by atoms with Crippen LogP contribution < -0.4 is 16.6 Å². The van der Waals surface area contributed by atoms with Crippen molar-refractivity contribution in [2.45, 2.75) is 25.7 Å². The van der Waals surface area contributed by atoms with E-state index >= 15 is 0 Å². The van der Waals surface area contributed by atoms with Crippen LogP contribution in [0.2, 0.25) is 0 Å². The fourth-order valence-electron chi connectivity index (χ4n) is 3.70. The van der Waals surface area contributed by atoms with E-state index in [2.05, 4.69) is 10.4 Å². The van der Waals surface area contributed by atoms with Crippen molar-refractivity contribution in [2.75, 3.05) is 0 Å². The number of hydrogen-bond donors (Lipinski definition) is 1. The molecule has 0 saturated carbocycles. The molecule has 11 heteroatoms. The Hall–Kier alpha value is -4.54. The minimum absolute atomic E-state index is 0.0238. The van der Waals surface area contributed by atoms with Gasteiger partial charge in [0, 0.05) is 0 Å². The van der Waals surface area contributed by atoms with Crippen LogP contribution in [0.25, 0.3) is 5.69 Å². The van der Waals surface area contributed by atoms with Crippen molar-refractivity contribution in [3.8, 4) is 5.69 Å². The number of para-hydroxylation sites is 1. The first kappa shape index (κ1) is 25.5. The van der Waals surface area contributed by atoms with Crippen LogP contribution in [-0.2, 0) is 12.7 Å². The number of halogens is 4. The second kappa shape index (κ2) is 10.2. The quantitative estimate of drug-likeness (QED) is 0.395. The number of carbonyl (C=O) groups excluding carboxylic acids is 1. The lowest BCUT2D eigenvalue weighted by molar-refractivity contribution is -0.137. The average Bonchev–Trinajstić information content (AvgIpc) is 2.87. The van der Waals surface area contributed by atoms with Crippen LogP contribution in [0.3, 0.4) is 0 Å².